The fourth-order valence-electron chi connectivity index (χ4n) is 2.73. The number of amides is 1. The summed E-state index contributed by atoms with van der Waals surface area (Å²) in [6, 6.07) is 8.69. The summed E-state index contributed by atoms with van der Waals surface area (Å²) in [5, 5.41) is 10.0. The van der Waals surface area contributed by atoms with E-state index in [4.69, 9.17) is 0 Å². The van der Waals surface area contributed by atoms with E-state index >= 15 is 0 Å². The second-order valence-corrected chi connectivity index (χ2v) is 9.71. The zero-order valence-electron chi connectivity index (χ0n) is 13.9. The number of benzene rings is 2. The molecule has 0 saturated heterocycles. The molecule has 0 bridgehead atoms. The summed E-state index contributed by atoms with van der Waals surface area (Å²) >= 11 is 2.75. The van der Waals surface area contributed by atoms with Gasteiger partial charge < -0.3 is 5.11 Å². The average Bonchev–Trinajstić information content (AvgIpc) is 2.81. The smallest absolute Gasteiger partial charge is 0.367 e. The molecule has 2 aliphatic heterocycles. The summed E-state index contributed by atoms with van der Waals surface area (Å²) in [5.41, 5.74) is -4.83. The first-order valence-corrected chi connectivity index (χ1v) is 10.7. The highest BCUT2D eigenvalue weighted by molar-refractivity contribution is 8.05. The van der Waals surface area contributed by atoms with Gasteiger partial charge in [0, 0.05) is 25.1 Å². The minimum absolute atomic E-state index is 0.0233. The molecule has 2 aromatic carbocycles. The highest BCUT2D eigenvalue weighted by Gasteiger charge is 2.52. The zero-order valence-corrected chi connectivity index (χ0v) is 16.3. The first-order chi connectivity index (χ1) is 13.0. The second kappa shape index (κ2) is 6.39. The summed E-state index contributed by atoms with van der Waals surface area (Å²) in [6.45, 7) is 1.93. The van der Waals surface area contributed by atoms with Gasteiger partial charge in [0.05, 0.1) is 5.56 Å². The molecule has 6 nitrogen and oxygen atoms in total. The normalized spacial score (nSPS) is 18.7. The Bertz CT molecular complexity index is 1120. The number of carbonyl (C=O) groups excluding carboxylic acids is 1. The number of hydrogen-bond acceptors (Lipinski definition) is 7. The minimum Gasteiger partial charge on any atom is -0.367 e. The van der Waals surface area contributed by atoms with Gasteiger partial charge in [-0.15, -0.1) is 4.28 Å². The van der Waals surface area contributed by atoms with Crippen LogP contribution in [0, 0.1) is 6.92 Å². The van der Waals surface area contributed by atoms with Crippen LogP contribution in [0.4, 0.5) is 13.2 Å². The molecule has 0 fully saturated rings. The number of hydroxylamine groups is 2. The SMILES string of the molecule is Cc1ccc2c(c1)Sc1cc3c(cc1S2)C(O)N(OS(=O)(=O)C(F)(F)F)C3=O. The van der Waals surface area contributed by atoms with E-state index in [2.05, 4.69) is 4.28 Å². The van der Waals surface area contributed by atoms with Crippen molar-refractivity contribution < 1.29 is 35.8 Å². The number of hydrogen-bond donors (Lipinski definition) is 1. The van der Waals surface area contributed by atoms with Crippen LogP contribution in [0.25, 0.3) is 0 Å². The summed E-state index contributed by atoms with van der Waals surface area (Å²) in [7, 11) is -6.10. The van der Waals surface area contributed by atoms with Gasteiger partial charge in [-0.25, -0.2) is 0 Å². The lowest BCUT2D eigenvalue weighted by atomic mass is 10.1. The van der Waals surface area contributed by atoms with Gasteiger partial charge in [-0.3, -0.25) is 4.79 Å². The third-order valence-corrected chi connectivity index (χ3v) is 7.48. The Hall–Kier alpha value is -1.73. The largest absolute Gasteiger partial charge is 0.525 e. The van der Waals surface area contributed by atoms with E-state index in [1.807, 2.05) is 25.1 Å². The first-order valence-electron chi connectivity index (χ1n) is 7.65. The number of halogens is 3. The molecule has 2 heterocycles. The number of alkyl halides is 3. The third-order valence-electron chi connectivity index (χ3n) is 4.05. The maximum absolute atomic E-state index is 12.6. The molecular formula is C16H10F3NO5S3. The number of aryl methyl sites for hydroxylation is 1. The van der Waals surface area contributed by atoms with Crippen LogP contribution < -0.4 is 0 Å². The van der Waals surface area contributed by atoms with Gasteiger partial charge in [0.15, 0.2) is 6.23 Å². The number of fused-ring (bicyclic) bond motifs is 3. The predicted octanol–water partition coefficient (Wildman–Crippen LogP) is 3.84. The van der Waals surface area contributed by atoms with Crippen molar-refractivity contribution in [3.63, 3.8) is 0 Å². The average molecular weight is 449 g/mol. The van der Waals surface area contributed by atoms with Crippen molar-refractivity contribution >= 4 is 39.5 Å². The molecule has 0 spiro atoms. The van der Waals surface area contributed by atoms with Crippen LogP contribution in [-0.4, -0.2) is 30.0 Å². The van der Waals surface area contributed by atoms with Gasteiger partial charge >= 0.3 is 15.6 Å². The molecule has 0 saturated carbocycles. The van der Waals surface area contributed by atoms with Crippen LogP contribution in [-0.2, 0) is 14.4 Å². The lowest BCUT2D eigenvalue weighted by molar-refractivity contribution is -0.143. The van der Waals surface area contributed by atoms with E-state index in [9.17, 15) is 31.5 Å². The van der Waals surface area contributed by atoms with E-state index in [0.29, 0.717) is 9.79 Å². The molecule has 1 atom stereocenters. The van der Waals surface area contributed by atoms with Crippen LogP contribution in [0.3, 0.4) is 0 Å². The molecule has 0 radical (unpaired) electrons. The summed E-state index contributed by atoms with van der Waals surface area (Å²) in [5.74, 6) is -1.17. The molecular weight excluding hydrogens is 439 g/mol. The number of aliphatic hydroxyl groups is 1. The Balaban J connectivity index is 1.70. The van der Waals surface area contributed by atoms with Crippen molar-refractivity contribution in [1.82, 2.24) is 5.06 Å². The molecule has 28 heavy (non-hydrogen) atoms. The van der Waals surface area contributed by atoms with Crippen molar-refractivity contribution in [3.05, 3.63) is 47.0 Å². The molecule has 1 unspecified atom stereocenters. The van der Waals surface area contributed by atoms with Gasteiger partial charge in [0.2, 0.25) is 0 Å². The summed E-state index contributed by atoms with van der Waals surface area (Å²) in [6.07, 6.45) is -1.98. The Morgan fingerprint density at radius 2 is 1.68 bits per heavy atom. The van der Waals surface area contributed by atoms with Crippen molar-refractivity contribution in [1.29, 1.82) is 0 Å². The van der Waals surface area contributed by atoms with Crippen molar-refractivity contribution in [2.24, 2.45) is 0 Å². The standard InChI is InChI=1S/C16H10F3NO5S3/c1-7-2-3-10-11(4-7)27-13-6-9-8(5-12(13)26-10)14(21)20(15(9)22)25-28(23,24)16(17,18)19/h2-6,14,21H,1H3. The topological polar surface area (TPSA) is 83.9 Å². The molecule has 2 aliphatic rings. The number of carbonyl (C=O) groups is 1. The highest BCUT2D eigenvalue weighted by Crippen LogP contribution is 2.51. The van der Waals surface area contributed by atoms with Gasteiger partial charge in [0.1, 0.15) is 0 Å². The lowest BCUT2D eigenvalue weighted by Crippen LogP contribution is -2.36. The van der Waals surface area contributed by atoms with E-state index in [1.54, 1.807) is 0 Å². The Labute approximate surface area is 165 Å². The van der Waals surface area contributed by atoms with Crippen LogP contribution in [0.5, 0.6) is 0 Å². The third kappa shape index (κ3) is 3.08. The van der Waals surface area contributed by atoms with Gasteiger partial charge in [-0.2, -0.15) is 26.7 Å². The minimum atomic E-state index is -6.10. The maximum atomic E-state index is 12.6. The zero-order chi connectivity index (χ0) is 20.4. The monoisotopic (exact) mass is 449 g/mol. The molecule has 1 N–H and O–H groups in total. The van der Waals surface area contributed by atoms with Gasteiger partial charge in [-0.05, 0) is 36.8 Å². The van der Waals surface area contributed by atoms with E-state index in [1.165, 1.54) is 35.7 Å². The molecule has 148 valence electrons. The fourth-order valence-corrected chi connectivity index (χ4v) is 5.54. The van der Waals surface area contributed by atoms with Crippen LogP contribution >= 0.6 is 23.5 Å². The van der Waals surface area contributed by atoms with E-state index < -0.39 is 27.8 Å². The van der Waals surface area contributed by atoms with Crippen molar-refractivity contribution in [2.75, 3.05) is 0 Å². The number of nitrogens with zero attached hydrogens (tertiary/aromatic N) is 1. The molecule has 0 aliphatic carbocycles. The predicted molar refractivity (Wildman–Crippen MR) is 93.1 cm³/mol. The number of aliphatic hydroxyl groups excluding tert-OH is 1. The molecule has 2 aromatic rings. The molecule has 1 amide bonds. The van der Waals surface area contributed by atoms with Gasteiger partial charge in [0.25, 0.3) is 5.91 Å². The maximum Gasteiger partial charge on any atom is 0.525 e. The lowest BCUT2D eigenvalue weighted by Gasteiger charge is -2.20. The Morgan fingerprint density at radius 3 is 2.36 bits per heavy atom. The highest BCUT2D eigenvalue weighted by atomic mass is 32.2. The van der Waals surface area contributed by atoms with E-state index in [-0.39, 0.29) is 16.2 Å². The Morgan fingerprint density at radius 1 is 1.07 bits per heavy atom. The van der Waals surface area contributed by atoms with Crippen LogP contribution in [0.15, 0.2) is 49.9 Å². The van der Waals surface area contributed by atoms with Crippen LogP contribution in [0.2, 0.25) is 0 Å². The molecule has 4 rings (SSSR count). The summed E-state index contributed by atoms with van der Waals surface area (Å²) in [4.78, 5) is 15.7. The fraction of sp³-hybridized carbons (Fsp3) is 0.188. The van der Waals surface area contributed by atoms with Crippen LogP contribution in [0.1, 0.15) is 27.7 Å². The van der Waals surface area contributed by atoms with Crippen molar-refractivity contribution in [2.45, 2.75) is 38.2 Å². The molecule has 0 aromatic heterocycles. The van der Waals surface area contributed by atoms with E-state index in [0.717, 1.165) is 15.4 Å². The first kappa shape index (κ1) is 19.6. The summed E-state index contributed by atoms with van der Waals surface area (Å²) < 4.78 is 64.0. The quantitative estimate of drug-likeness (QED) is 0.595. The van der Waals surface area contributed by atoms with Gasteiger partial charge in [-0.1, -0.05) is 29.6 Å². The van der Waals surface area contributed by atoms with Crippen molar-refractivity contribution in [3.8, 4) is 0 Å². The number of rotatable bonds is 2. The second-order valence-electron chi connectivity index (χ2n) is 6.02. The molecule has 12 heteroatoms. The Kier molecular flexibility index (Phi) is 4.47.